The Morgan fingerprint density at radius 2 is 1.86 bits per heavy atom. The van der Waals surface area contributed by atoms with Crippen LogP contribution in [0.3, 0.4) is 0 Å². The molecule has 0 saturated carbocycles. The number of methoxy groups -OCH3 is 1. The van der Waals surface area contributed by atoms with Crippen LogP contribution in [0.4, 0.5) is 5.69 Å². The van der Waals surface area contributed by atoms with Crippen LogP contribution in [0.1, 0.15) is 11.1 Å². The lowest BCUT2D eigenvalue weighted by atomic mass is 10.1. The Morgan fingerprint density at radius 1 is 1.14 bits per heavy atom. The molecule has 2 aromatic rings. The van der Waals surface area contributed by atoms with Crippen LogP contribution in [0, 0.1) is 11.3 Å². The largest absolute Gasteiger partial charge is 0.495 e. The SMILES string of the molecule is COc1cccc(C#N)c1NCc1c(Cl)ccc(Cl)c1Cl. The molecule has 108 valence electrons. The minimum absolute atomic E-state index is 0.327. The summed E-state index contributed by atoms with van der Waals surface area (Å²) in [6.07, 6.45) is 0. The third kappa shape index (κ3) is 3.36. The van der Waals surface area contributed by atoms with Gasteiger partial charge in [0.25, 0.3) is 0 Å². The maximum atomic E-state index is 9.17. The molecule has 6 heteroatoms. The number of anilines is 1. The summed E-state index contributed by atoms with van der Waals surface area (Å²) in [7, 11) is 1.54. The van der Waals surface area contributed by atoms with Gasteiger partial charge in [-0.05, 0) is 24.3 Å². The average molecular weight is 342 g/mol. The molecule has 0 heterocycles. The van der Waals surface area contributed by atoms with Crippen molar-refractivity contribution in [2.45, 2.75) is 6.54 Å². The van der Waals surface area contributed by atoms with E-state index in [9.17, 15) is 5.26 Å². The van der Waals surface area contributed by atoms with Gasteiger partial charge in [-0.25, -0.2) is 0 Å². The molecular formula is C15H11Cl3N2O. The van der Waals surface area contributed by atoms with Gasteiger partial charge in [0.15, 0.2) is 0 Å². The fourth-order valence-corrected chi connectivity index (χ4v) is 2.57. The van der Waals surface area contributed by atoms with Gasteiger partial charge in [-0.1, -0.05) is 40.9 Å². The summed E-state index contributed by atoms with van der Waals surface area (Å²) in [5.74, 6) is 0.573. The number of nitrogens with zero attached hydrogens (tertiary/aromatic N) is 1. The summed E-state index contributed by atoms with van der Waals surface area (Å²) < 4.78 is 5.25. The van der Waals surface area contributed by atoms with Gasteiger partial charge in [-0.3, -0.25) is 0 Å². The summed E-state index contributed by atoms with van der Waals surface area (Å²) in [6, 6.07) is 10.7. The highest BCUT2D eigenvalue weighted by Gasteiger charge is 2.13. The fourth-order valence-electron chi connectivity index (χ4n) is 1.88. The van der Waals surface area contributed by atoms with Gasteiger partial charge in [0.2, 0.25) is 0 Å². The van der Waals surface area contributed by atoms with Crippen molar-refractivity contribution in [1.82, 2.24) is 0 Å². The normalized spacial score (nSPS) is 10.0. The molecule has 0 fully saturated rings. The standard InChI is InChI=1S/C15H11Cl3N2O/c1-21-13-4-2-3-9(7-19)15(13)20-8-10-11(16)5-6-12(17)14(10)18/h2-6,20H,8H2,1H3. The molecule has 2 rings (SSSR count). The monoisotopic (exact) mass is 340 g/mol. The molecule has 0 radical (unpaired) electrons. The summed E-state index contributed by atoms with van der Waals surface area (Å²) in [6.45, 7) is 0.327. The van der Waals surface area contributed by atoms with E-state index in [1.165, 1.54) is 0 Å². The number of benzene rings is 2. The fraction of sp³-hybridized carbons (Fsp3) is 0.133. The van der Waals surface area contributed by atoms with Crippen LogP contribution in [-0.2, 0) is 6.54 Å². The first-order valence-electron chi connectivity index (χ1n) is 6.01. The molecule has 0 amide bonds. The third-order valence-electron chi connectivity index (χ3n) is 2.95. The minimum atomic E-state index is 0.327. The third-order valence-corrected chi connectivity index (χ3v) is 4.14. The number of halogens is 3. The molecule has 21 heavy (non-hydrogen) atoms. The molecule has 0 bridgehead atoms. The maximum Gasteiger partial charge on any atom is 0.143 e. The Labute approximate surface area is 138 Å². The minimum Gasteiger partial charge on any atom is -0.495 e. The number of hydrogen-bond donors (Lipinski definition) is 1. The van der Waals surface area contributed by atoms with Crippen LogP contribution in [0.25, 0.3) is 0 Å². The van der Waals surface area contributed by atoms with Crippen molar-refractivity contribution in [3.05, 3.63) is 56.5 Å². The lowest BCUT2D eigenvalue weighted by Crippen LogP contribution is -2.04. The van der Waals surface area contributed by atoms with Gasteiger partial charge >= 0.3 is 0 Å². The number of nitriles is 1. The van der Waals surface area contributed by atoms with E-state index in [1.807, 2.05) is 0 Å². The zero-order valence-corrected chi connectivity index (χ0v) is 13.4. The molecule has 3 nitrogen and oxygen atoms in total. The van der Waals surface area contributed by atoms with Gasteiger partial charge in [0.05, 0.1) is 28.4 Å². The van der Waals surface area contributed by atoms with E-state index < -0.39 is 0 Å². The van der Waals surface area contributed by atoms with Crippen molar-refractivity contribution < 1.29 is 4.74 Å². The summed E-state index contributed by atoms with van der Waals surface area (Å²) in [4.78, 5) is 0. The first-order chi connectivity index (χ1) is 10.1. The van der Waals surface area contributed by atoms with Crippen LogP contribution < -0.4 is 10.1 Å². The van der Waals surface area contributed by atoms with Gasteiger partial charge in [0, 0.05) is 17.1 Å². The predicted octanol–water partition coefficient (Wildman–Crippen LogP) is 5.14. The van der Waals surface area contributed by atoms with Crippen LogP contribution in [0.2, 0.25) is 15.1 Å². The van der Waals surface area contributed by atoms with Crippen molar-refractivity contribution >= 4 is 40.5 Å². The van der Waals surface area contributed by atoms with Crippen molar-refractivity contribution in [2.75, 3.05) is 12.4 Å². The maximum absolute atomic E-state index is 9.17. The number of para-hydroxylation sites is 1. The molecule has 0 atom stereocenters. The average Bonchev–Trinajstić information content (AvgIpc) is 2.50. The quantitative estimate of drug-likeness (QED) is 0.783. The Hall–Kier alpha value is -1.60. The van der Waals surface area contributed by atoms with E-state index >= 15 is 0 Å². The second-order valence-corrected chi connectivity index (χ2v) is 5.36. The second-order valence-electron chi connectivity index (χ2n) is 4.17. The van der Waals surface area contributed by atoms with E-state index in [0.29, 0.717) is 44.2 Å². The van der Waals surface area contributed by atoms with Crippen molar-refractivity contribution in [3.8, 4) is 11.8 Å². The van der Waals surface area contributed by atoms with Gasteiger partial charge < -0.3 is 10.1 Å². The molecule has 0 unspecified atom stereocenters. The topological polar surface area (TPSA) is 45.0 Å². The van der Waals surface area contributed by atoms with Crippen LogP contribution in [-0.4, -0.2) is 7.11 Å². The van der Waals surface area contributed by atoms with Gasteiger partial charge in [0.1, 0.15) is 11.8 Å². The zero-order chi connectivity index (χ0) is 15.4. The van der Waals surface area contributed by atoms with Crippen LogP contribution in [0.5, 0.6) is 5.75 Å². The highest BCUT2D eigenvalue weighted by atomic mass is 35.5. The molecule has 0 spiro atoms. The Kier molecular flexibility index (Phi) is 5.19. The predicted molar refractivity (Wildman–Crippen MR) is 86.5 cm³/mol. The molecule has 0 aliphatic carbocycles. The number of rotatable bonds is 4. The molecule has 1 N–H and O–H groups in total. The Balaban J connectivity index is 2.34. The lowest BCUT2D eigenvalue weighted by molar-refractivity contribution is 0.416. The van der Waals surface area contributed by atoms with Gasteiger partial charge in [-0.15, -0.1) is 0 Å². The number of nitrogens with one attached hydrogen (secondary N) is 1. The van der Waals surface area contributed by atoms with Crippen molar-refractivity contribution in [2.24, 2.45) is 0 Å². The summed E-state index contributed by atoms with van der Waals surface area (Å²) in [5.41, 5.74) is 1.74. The first-order valence-corrected chi connectivity index (χ1v) is 7.15. The molecule has 0 saturated heterocycles. The highest BCUT2D eigenvalue weighted by molar-refractivity contribution is 6.44. The van der Waals surface area contributed by atoms with E-state index in [4.69, 9.17) is 39.5 Å². The summed E-state index contributed by atoms with van der Waals surface area (Å²) >= 11 is 18.3. The molecule has 2 aromatic carbocycles. The smallest absolute Gasteiger partial charge is 0.143 e. The molecular weight excluding hydrogens is 331 g/mol. The second kappa shape index (κ2) is 6.91. The molecule has 0 aliphatic heterocycles. The Morgan fingerprint density at radius 3 is 2.52 bits per heavy atom. The van der Waals surface area contributed by atoms with Crippen LogP contribution in [0.15, 0.2) is 30.3 Å². The van der Waals surface area contributed by atoms with Gasteiger partial charge in [-0.2, -0.15) is 5.26 Å². The van der Waals surface area contributed by atoms with Crippen molar-refractivity contribution in [3.63, 3.8) is 0 Å². The highest BCUT2D eigenvalue weighted by Crippen LogP contribution is 2.34. The van der Waals surface area contributed by atoms with Crippen LogP contribution >= 0.6 is 34.8 Å². The van der Waals surface area contributed by atoms with E-state index in [2.05, 4.69) is 11.4 Å². The number of ether oxygens (including phenoxy) is 1. The van der Waals surface area contributed by atoms with Crippen molar-refractivity contribution in [1.29, 1.82) is 5.26 Å². The zero-order valence-electron chi connectivity index (χ0n) is 11.1. The first kappa shape index (κ1) is 15.8. The Bertz CT molecular complexity index is 711. The molecule has 0 aliphatic rings. The van der Waals surface area contributed by atoms with E-state index in [0.717, 1.165) is 0 Å². The summed E-state index contributed by atoms with van der Waals surface area (Å²) in [5, 5.41) is 13.6. The number of hydrogen-bond acceptors (Lipinski definition) is 3. The van der Waals surface area contributed by atoms with E-state index in [-0.39, 0.29) is 0 Å². The lowest BCUT2D eigenvalue weighted by Gasteiger charge is -2.14. The molecule has 0 aromatic heterocycles. The van der Waals surface area contributed by atoms with E-state index in [1.54, 1.807) is 37.4 Å².